The van der Waals surface area contributed by atoms with Crippen molar-refractivity contribution >= 4 is 29.1 Å². The van der Waals surface area contributed by atoms with Crippen LogP contribution in [-0.4, -0.2) is 66.9 Å². The van der Waals surface area contributed by atoms with Gasteiger partial charge < -0.3 is 30.2 Å². The molecule has 3 N–H and O–H groups in total. The van der Waals surface area contributed by atoms with E-state index in [4.69, 9.17) is 47.4 Å². The first kappa shape index (κ1) is 33.1. The predicted octanol–water partition coefficient (Wildman–Crippen LogP) is 5.83. The molecular weight excluding hydrogens is 639 g/mol. The van der Waals surface area contributed by atoms with Gasteiger partial charge in [0.25, 0.3) is 0 Å². The van der Waals surface area contributed by atoms with Crippen molar-refractivity contribution in [2.75, 3.05) is 34.0 Å². The highest BCUT2D eigenvalue weighted by atomic mass is 35.5. The molecule has 2 aromatic heterocycles. The van der Waals surface area contributed by atoms with Gasteiger partial charge in [-0.2, -0.15) is 0 Å². The summed E-state index contributed by atoms with van der Waals surface area (Å²) in [6, 6.07) is 16.1. The zero-order valence-electron chi connectivity index (χ0n) is 26.4. The second-order valence-corrected chi connectivity index (χ2v) is 12.4. The van der Waals surface area contributed by atoms with Crippen molar-refractivity contribution in [2.24, 2.45) is 0 Å². The highest BCUT2D eigenvalue weighted by Crippen LogP contribution is 2.42. The first-order chi connectivity index (χ1) is 22.9. The molecule has 47 heavy (non-hydrogen) atoms. The summed E-state index contributed by atoms with van der Waals surface area (Å²) in [7, 11) is 3.20. The molecule has 0 saturated carbocycles. The average molecular weight is 678 g/mol. The van der Waals surface area contributed by atoms with Crippen LogP contribution in [0.4, 0.5) is 0 Å². The Labute approximate surface area is 284 Å². The molecule has 4 aromatic rings. The molecule has 2 aromatic carbocycles. The lowest BCUT2D eigenvalue weighted by molar-refractivity contribution is -0.119. The summed E-state index contributed by atoms with van der Waals surface area (Å²) in [5, 5.41) is 10.9. The van der Waals surface area contributed by atoms with E-state index in [9.17, 15) is 4.79 Å². The van der Waals surface area contributed by atoms with Crippen molar-refractivity contribution in [1.82, 2.24) is 30.9 Å². The predicted molar refractivity (Wildman–Crippen MR) is 183 cm³/mol. The van der Waals surface area contributed by atoms with E-state index >= 15 is 0 Å². The topological polar surface area (TPSA) is 120 Å². The van der Waals surface area contributed by atoms with Crippen molar-refractivity contribution in [1.29, 1.82) is 0 Å². The zero-order valence-corrected chi connectivity index (χ0v) is 28.0. The Morgan fingerprint density at radius 3 is 2.17 bits per heavy atom. The van der Waals surface area contributed by atoms with Crippen LogP contribution in [0.1, 0.15) is 36.9 Å². The zero-order chi connectivity index (χ0) is 32.8. The summed E-state index contributed by atoms with van der Waals surface area (Å²) in [5.41, 5.74) is 5.90. The second-order valence-electron chi connectivity index (χ2n) is 11.6. The van der Waals surface area contributed by atoms with Crippen LogP contribution in [0.15, 0.2) is 54.7 Å². The van der Waals surface area contributed by atoms with Gasteiger partial charge in [-0.3, -0.25) is 9.78 Å². The molecule has 1 atom stereocenters. The number of aromatic nitrogens is 3. The number of nitrogens with zero attached hydrogens (tertiary/aromatic N) is 3. The monoisotopic (exact) mass is 676 g/mol. The van der Waals surface area contributed by atoms with Crippen LogP contribution in [0.25, 0.3) is 33.6 Å². The van der Waals surface area contributed by atoms with Crippen LogP contribution in [0, 0.1) is 0 Å². The van der Waals surface area contributed by atoms with E-state index in [0.29, 0.717) is 76.5 Å². The smallest absolute Gasteiger partial charge is 0.237 e. The van der Waals surface area contributed by atoms with Gasteiger partial charge in [0, 0.05) is 79.2 Å². The number of ether oxygens (including phenoxy) is 3. The maximum absolute atomic E-state index is 11.5. The van der Waals surface area contributed by atoms with Crippen molar-refractivity contribution in [2.45, 2.75) is 50.9 Å². The van der Waals surface area contributed by atoms with Gasteiger partial charge in [-0.25, -0.2) is 9.97 Å². The summed E-state index contributed by atoms with van der Waals surface area (Å²) in [4.78, 5) is 25.7. The molecular formula is C35H38Cl2N6O4. The number of carbonyl (C=O) groups is 1. The molecule has 12 heteroatoms. The number of rotatable bonds is 12. The van der Waals surface area contributed by atoms with E-state index in [-0.39, 0.29) is 11.9 Å². The van der Waals surface area contributed by atoms with E-state index < -0.39 is 0 Å². The van der Waals surface area contributed by atoms with E-state index in [1.807, 2.05) is 48.5 Å². The molecule has 0 aliphatic carbocycles. The molecule has 1 amide bonds. The van der Waals surface area contributed by atoms with Gasteiger partial charge in [0.2, 0.25) is 17.7 Å². The van der Waals surface area contributed by atoms with Gasteiger partial charge in [-0.15, -0.1) is 0 Å². The molecule has 6 rings (SSSR count). The lowest BCUT2D eigenvalue weighted by atomic mass is 9.98. The number of hydrogen-bond acceptors (Lipinski definition) is 9. The van der Waals surface area contributed by atoms with Gasteiger partial charge in [0.05, 0.1) is 41.8 Å². The Morgan fingerprint density at radius 2 is 1.51 bits per heavy atom. The average Bonchev–Trinajstić information content (AvgIpc) is 3.52. The van der Waals surface area contributed by atoms with E-state index in [1.165, 1.54) is 0 Å². The highest BCUT2D eigenvalue weighted by Gasteiger charge is 2.22. The molecule has 0 bridgehead atoms. The Kier molecular flexibility index (Phi) is 10.9. The largest absolute Gasteiger partial charge is 0.481 e. The Hall–Kier alpha value is -3.80. The lowest BCUT2D eigenvalue weighted by Crippen LogP contribution is -2.35. The quantitative estimate of drug-likeness (QED) is 0.170. The third-order valence-corrected chi connectivity index (χ3v) is 9.36. The Bertz CT molecular complexity index is 1730. The molecule has 2 aliphatic heterocycles. The number of hydrogen-bond donors (Lipinski definition) is 3. The number of halogens is 2. The minimum absolute atomic E-state index is 0.0889. The first-order valence-electron chi connectivity index (χ1n) is 15.8. The Balaban J connectivity index is 1.22. The molecule has 2 fully saturated rings. The number of nitrogens with one attached hydrogen (secondary N) is 3. The molecule has 2 aliphatic rings. The first-order valence-corrected chi connectivity index (χ1v) is 16.5. The fourth-order valence-electron chi connectivity index (χ4n) is 5.97. The summed E-state index contributed by atoms with van der Waals surface area (Å²) in [5.74, 6) is 1.05. The standard InChI is InChI=1S/C35H38Cl2N6O4/c1-45-34-21(17-39-22-13-15-47-16-14-22)9-11-28(42-34)26-7-3-5-24(32(26)36)25-6-4-8-27(33(25)37)29-20-40-30(35(43-29)46-2)19-38-18-23-10-12-31(44)41-23/h3-9,11,20,22-23,38-39H,10,12-19H2,1-2H3,(H,41,44). The van der Waals surface area contributed by atoms with Crippen molar-refractivity contribution in [3.05, 3.63) is 76.0 Å². The molecule has 1 unspecified atom stereocenters. The molecule has 4 heterocycles. The van der Waals surface area contributed by atoms with Gasteiger partial charge in [-0.05, 0) is 25.3 Å². The number of pyridine rings is 1. The fraction of sp³-hybridized carbons (Fsp3) is 0.371. The van der Waals surface area contributed by atoms with Crippen LogP contribution in [0.3, 0.4) is 0 Å². The normalized spacial score (nSPS) is 16.7. The number of carbonyl (C=O) groups excluding carboxylic acids is 1. The lowest BCUT2D eigenvalue weighted by Gasteiger charge is -2.23. The summed E-state index contributed by atoms with van der Waals surface area (Å²) < 4.78 is 16.7. The second kappa shape index (κ2) is 15.4. The summed E-state index contributed by atoms with van der Waals surface area (Å²) >= 11 is 14.1. The highest BCUT2D eigenvalue weighted by molar-refractivity contribution is 6.39. The van der Waals surface area contributed by atoms with Crippen molar-refractivity contribution in [3.8, 4) is 45.4 Å². The molecule has 2 saturated heterocycles. The van der Waals surface area contributed by atoms with Gasteiger partial charge >= 0.3 is 0 Å². The maximum atomic E-state index is 11.5. The molecule has 0 spiro atoms. The third kappa shape index (κ3) is 7.69. The third-order valence-electron chi connectivity index (χ3n) is 8.55. The van der Waals surface area contributed by atoms with Crippen LogP contribution < -0.4 is 25.4 Å². The maximum Gasteiger partial charge on any atom is 0.237 e. The fourth-order valence-corrected chi connectivity index (χ4v) is 6.62. The van der Waals surface area contributed by atoms with Gasteiger partial charge in [0.15, 0.2) is 0 Å². The van der Waals surface area contributed by atoms with Crippen molar-refractivity contribution in [3.63, 3.8) is 0 Å². The number of amides is 1. The van der Waals surface area contributed by atoms with Crippen LogP contribution in [-0.2, 0) is 22.6 Å². The van der Waals surface area contributed by atoms with E-state index in [2.05, 4.69) is 20.9 Å². The number of benzene rings is 2. The SMILES string of the molecule is COc1nc(-c2cccc(-c3cccc(-c4cnc(CNCC5CCC(=O)N5)c(OC)n4)c3Cl)c2Cl)ccc1CNC1CCOCC1. The van der Waals surface area contributed by atoms with E-state index in [1.54, 1.807) is 20.4 Å². The molecule has 10 nitrogen and oxygen atoms in total. The van der Waals surface area contributed by atoms with Gasteiger partial charge in [0.1, 0.15) is 5.69 Å². The van der Waals surface area contributed by atoms with Crippen LogP contribution >= 0.6 is 23.2 Å². The minimum atomic E-state index is 0.0889. The minimum Gasteiger partial charge on any atom is -0.481 e. The van der Waals surface area contributed by atoms with Gasteiger partial charge in [-0.1, -0.05) is 65.7 Å². The van der Waals surface area contributed by atoms with Crippen molar-refractivity contribution < 1.29 is 19.0 Å². The molecule has 0 radical (unpaired) electrons. The summed E-state index contributed by atoms with van der Waals surface area (Å²) in [6.45, 7) is 3.31. The number of methoxy groups -OCH3 is 2. The van der Waals surface area contributed by atoms with Crippen LogP contribution in [0.5, 0.6) is 11.8 Å². The summed E-state index contributed by atoms with van der Waals surface area (Å²) in [6.07, 6.45) is 5.06. The molecule has 246 valence electrons. The van der Waals surface area contributed by atoms with Crippen LogP contribution in [0.2, 0.25) is 10.0 Å². The van der Waals surface area contributed by atoms with E-state index in [0.717, 1.165) is 54.7 Å². The Morgan fingerprint density at radius 1 is 0.851 bits per heavy atom.